The lowest BCUT2D eigenvalue weighted by Crippen LogP contribution is -2.00. The zero-order valence-electron chi connectivity index (χ0n) is 10.4. The molecule has 0 fully saturated rings. The number of fused-ring (bicyclic) bond motifs is 4. The van der Waals surface area contributed by atoms with Crippen molar-refractivity contribution in [1.82, 2.24) is 0 Å². The fourth-order valence-electron chi connectivity index (χ4n) is 2.65. The SMILES string of the molecule is Bc1ccc(Cl)c2c1sc1cc3ccccc3cc12. The fourth-order valence-corrected chi connectivity index (χ4v) is 4.20. The summed E-state index contributed by atoms with van der Waals surface area (Å²) >= 11 is 8.24. The molecule has 0 amide bonds. The smallest absolute Gasteiger partial charge is 0.136 e. The van der Waals surface area contributed by atoms with Crippen molar-refractivity contribution in [1.29, 1.82) is 0 Å². The molecule has 19 heavy (non-hydrogen) atoms. The highest BCUT2D eigenvalue weighted by Gasteiger charge is 2.11. The number of hydrogen-bond donors (Lipinski definition) is 0. The van der Waals surface area contributed by atoms with E-state index in [0.29, 0.717) is 0 Å². The van der Waals surface area contributed by atoms with Crippen molar-refractivity contribution in [2.45, 2.75) is 0 Å². The van der Waals surface area contributed by atoms with Gasteiger partial charge in [0.05, 0.1) is 0 Å². The van der Waals surface area contributed by atoms with Gasteiger partial charge in [-0.25, -0.2) is 0 Å². The second kappa shape index (κ2) is 3.99. The molecule has 1 heterocycles. The Hall–Kier alpha value is -1.51. The van der Waals surface area contributed by atoms with Gasteiger partial charge in [0.2, 0.25) is 0 Å². The van der Waals surface area contributed by atoms with Gasteiger partial charge in [-0.3, -0.25) is 0 Å². The fraction of sp³-hybridized carbons (Fsp3) is 0. The van der Waals surface area contributed by atoms with E-state index in [1.54, 1.807) is 0 Å². The summed E-state index contributed by atoms with van der Waals surface area (Å²) in [6.07, 6.45) is 0. The molecule has 0 atom stereocenters. The average Bonchev–Trinajstić information content (AvgIpc) is 2.80. The Kier molecular flexibility index (Phi) is 2.38. The number of hydrogen-bond acceptors (Lipinski definition) is 1. The molecule has 4 aromatic rings. The van der Waals surface area contributed by atoms with Gasteiger partial charge in [-0.2, -0.15) is 0 Å². The quantitative estimate of drug-likeness (QED) is 0.425. The van der Waals surface area contributed by atoms with E-state index < -0.39 is 0 Å². The Balaban J connectivity index is 2.30. The van der Waals surface area contributed by atoms with E-state index in [4.69, 9.17) is 11.6 Å². The lowest BCUT2D eigenvalue weighted by atomic mass is 9.94. The van der Waals surface area contributed by atoms with Gasteiger partial charge < -0.3 is 0 Å². The van der Waals surface area contributed by atoms with Crippen molar-refractivity contribution < 1.29 is 0 Å². The molecule has 0 aliphatic carbocycles. The molecule has 4 rings (SSSR count). The highest BCUT2D eigenvalue weighted by Crippen LogP contribution is 2.38. The van der Waals surface area contributed by atoms with Gasteiger partial charge in [-0.15, -0.1) is 11.3 Å². The van der Waals surface area contributed by atoms with E-state index in [1.165, 1.54) is 36.4 Å². The van der Waals surface area contributed by atoms with Crippen molar-refractivity contribution in [3.8, 4) is 0 Å². The first-order valence-corrected chi connectivity index (χ1v) is 7.43. The first-order chi connectivity index (χ1) is 9.24. The zero-order valence-corrected chi connectivity index (χ0v) is 12.0. The van der Waals surface area contributed by atoms with Crippen LogP contribution >= 0.6 is 22.9 Å². The van der Waals surface area contributed by atoms with Crippen LogP contribution in [0.25, 0.3) is 30.9 Å². The number of rotatable bonds is 0. The Morgan fingerprint density at radius 2 is 1.68 bits per heavy atom. The highest BCUT2D eigenvalue weighted by molar-refractivity contribution is 7.27. The minimum Gasteiger partial charge on any atom is -0.136 e. The highest BCUT2D eigenvalue weighted by atomic mass is 35.5. The molecule has 0 N–H and O–H groups in total. The van der Waals surface area contributed by atoms with Gasteiger partial charge in [-0.05, 0) is 29.0 Å². The molecule has 0 spiro atoms. The summed E-state index contributed by atoms with van der Waals surface area (Å²) in [5.74, 6) is 0. The number of thiophene rings is 1. The maximum absolute atomic E-state index is 6.41. The lowest BCUT2D eigenvalue weighted by Gasteiger charge is -2.00. The first kappa shape index (κ1) is 11.3. The first-order valence-electron chi connectivity index (χ1n) is 6.24. The molecule has 90 valence electrons. The molecule has 0 unspecified atom stereocenters. The van der Waals surface area contributed by atoms with Gasteiger partial charge in [0.25, 0.3) is 0 Å². The molecular formula is C16H10BClS. The minimum absolute atomic E-state index is 0.849. The number of halogens is 1. The van der Waals surface area contributed by atoms with Crippen LogP contribution < -0.4 is 5.46 Å². The maximum Gasteiger partial charge on any atom is 0.141 e. The summed E-state index contributed by atoms with van der Waals surface area (Å²) in [4.78, 5) is 0. The second-order valence-corrected chi connectivity index (χ2v) is 6.33. The third-order valence-corrected chi connectivity index (χ3v) is 5.24. The van der Waals surface area contributed by atoms with Crippen LogP contribution in [0.3, 0.4) is 0 Å². The van der Waals surface area contributed by atoms with Crippen molar-refractivity contribution in [3.05, 3.63) is 53.6 Å². The van der Waals surface area contributed by atoms with Crippen molar-refractivity contribution >= 4 is 67.2 Å². The molecule has 0 aliphatic rings. The molecule has 0 nitrogen and oxygen atoms in total. The van der Waals surface area contributed by atoms with Crippen LogP contribution in [0.2, 0.25) is 5.02 Å². The zero-order chi connectivity index (χ0) is 13.0. The summed E-state index contributed by atoms with van der Waals surface area (Å²) in [5.41, 5.74) is 1.30. The summed E-state index contributed by atoms with van der Waals surface area (Å²) in [7, 11) is 2.15. The van der Waals surface area contributed by atoms with Crippen LogP contribution in [-0.4, -0.2) is 7.85 Å². The van der Waals surface area contributed by atoms with Crippen molar-refractivity contribution in [3.63, 3.8) is 0 Å². The van der Waals surface area contributed by atoms with Crippen LogP contribution in [0.5, 0.6) is 0 Å². The van der Waals surface area contributed by atoms with E-state index in [2.05, 4.69) is 50.3 Å². The molecule has 0 saturated carbocycles. The molecule has 0 saturated heterocycles. The Labute approximate surface area is 121 Å². The van der Waals surface area contributed by atoms with Gasteiger partial charge in [0.1, 0.15) is 7.85 Å². The summed E-state index contributed by atoms with van der Waals surface area (Å²) in [6, 6.07) is 17.1. The third kappa shape index (κ3) is 1.60. The maximum atomic E-state index is 6.41. The van der Waals surface area contributed by atoms with Crippen molar-refractivity contribution in [2.24, 2.45) is 0 Å². The summed E-state index contributed by atoms with van der Waals surface area (Å²) < 4.78 is 2.61. The molecule has 1 aromatic heterocycles. The lowest BCUT2D eigenvalue weighted by molar-refractivity contribution is 1.81. The van der Waals surface area contributed by atoms with E-state index in [0.717, 1.165) is 5.02 Å². The predicted molar refractivity (Wildman–Crippen MR) is 90.0 cm³/mol. The van der Waals surface area contributed by atoms with Gasteiger partial charge >= 0.3 is 0 Å². The van der Waals surface area contributed by atoms with E-state index >= 15 is 0 Å². The molecule has 3 heteroatoms. The largest absolute Gasteiger partial charge is 0.141 e. The molecular weight excluding hydrogens is 271 g/mol. The Morgan fingerprint density at radius 3 is 2.47 bits per heavy atom. The standard InChI is InChI=1S/C16H10BClS/c17-12-5-6-13(18)15-11-7-9-3-1-2-4-10(9)8-14(11)19-16(12)15/h1-8H,17H2. The second-order valence-electron chi connectivity index (χ2n) is 4.87. The van der Waals surface area contributed by atoms with Gasteiger partial charge in [-0.1, -0.05) is 47.4 Å². The molecule has 3 aromatic carbocycles. The molecule has 0 radical (unpaired) electrons. The van der Waals surface area contributed by atoms with Gasteiger partial charge in [0.15, 0.2) is 0 Å². The van der Waals surface area contributed by atoms with Crippen LogP contribution in [0.1, 0.15) is 0 Å². The van der Waals surface area contributed by atoms with E-state index in [-0.39, 0.29) is 0 Å². The summed E-state index contributed by atoms with van der Waals surface area (Å²) in [6.45, 7) is 0. The topological polar surface area (TPSA) is 0 Å². The van der Waals surface area contributed by atoms with Gasteiger partial charge in [0, 0.05) is 25.2 Å². The van der Waals surface area contributed by atoms with Crippen LogP contribution in [-0.2, 0) is 0 Å². The number of benzene rings is 3. The average molecular weight is 281 g/mol. The van der Waals surface area contributed by atoms with Crippen molar-refractivity contribution in [2.75, 3.05) is 0 Å². The van der Waals surface area contributed by atoms with Crippen LogP contribution in [0.15, 0.2) is 48.5 Å². The predicted octanol–water partition coefficient (Wildman–Crippen LogP) is 4.12. The third-order valence-electron chi connectivity index (χ3n) is 3.63. The molecule has 0 aliphatic heterocycles. The molecule has 0 bridgehead atoms. The Bertz CT molecular complexity index is 940. The Morgan fingerprint density at radius 1 is 0.947 bits per heavy atom. The van der Waals surface area contributed by atoms with Crippen LogP contribution in [0, 0.1) is 0 Å². The monoisotopic (exact) mass is 280 g/mol. The summed E-state index contributed by atoms with van der Waals surface area (Å²) in [5, 5.41) is 5.88. The minimum atomic E-state index is 0.849. The normalized spacial score (nSPS) is 11.6. The van der Waals surface area contributed by atoms with Crippen LogP contribution in [0.4, 0.5) is 0 Å². The van der Waals surface area contributed by atoms with E-state index in [1.807, 2.05) is 17.4 Å². The van der Waals surface area contributed by atoms with E-state index in [9.17, 15) is 0 Å².